The molecule has 0 spiro atoms. The normalized spacial score (nSPS) is 13.0. The molecule has 0 atom stereocenters. The van der Waals surface area contributed by atoms with Gasteiger partial charge in [-0.3, -0.25) is 13.6 Å². The first-order valence-electron chi connectivity index (χ1n) is 22.6. The van der Waals surface area contributed by atoms with Crippen LogP contribution in [-0.4, -0.2) is 78.4 Å². The van der Waals surface area contributed by atoms with Gasteiger partial charge in [-0.25, -0.2) is 23.5 Å². The molecule has 1 saturated carbocycles. The number of aromatic nitrogens is 4. The van der Waals surface area contributed by atoms with Crippen molar-refractivity contribution < 1.29 is 64.4 Å². The molecule has 380 valence electrons. The third-order valence-electron chi connectivity index (χ3n) is 11.7. The summed E-state index contributed by atoms with van der Waals surface area (Å²) in [5.41, 5.74) is 5.19. The molecule has 1 fully saturated rings. The quantitative estimate of drug-likeness (QED) is 0.0589. The molecule has 4 aromatic heterocycles. The van der Waals surface area contributed by atoms with Gasteiger partial charge in [-0.1, -0.05) is 24.3 Å². The van der Waals surface area contributed by atoms with Gasteiger partial charge in [0.25, 0.3) is 5.91 Å². The molecule has 5 N–H and O–H groups in total. The van der Waals surface area contributed by atoms with Gasteiger partial charge in [0.15, 0.2) is 11.3 Å². The van der Waals surface area contributed by atoms with Gasteiger partial charge in [0.1, 0.15) is 34.6 Å². The van der Waals surface area contributed by atoms with Gasteiger partial charge in [0.05, 0.1) is 78.1 Å². The summed E-state index contributed by atoms with van der Waals surface area (Å²) in [6.07, 6.45) is -2.98. The molecule has 4 heterocycles. The summed E-state index contributed by atoms with van der Waals surface area (Å²) in [5, 5.41) is 27.2. The molecule has 1 amide bonds. The smallest absolute Gasteiger partial charge is 0.390 e. The highest BCUT2D eigenvalue weighted by molar-refractivity contribution is 5.97. The molecule has 0 bridgehead atoms. The number of nitrogens with zero attached hydrogens (tertiary/aromatic N) is 4. The van der Waals surface area contributed by atoms with Crippen molar-refractivity contribution in [1.82, 2.24) is 24.1 Å². The lowest BCUT2D eigenvalue weighted by atomic mass is 10.0. The predicted octanol–water partition coefficient (Wildman–Crippen LogP) is 12.2. The van der Waals surface area contributed by atoms with Gasteiger partial charge < -0.3 is 35.6 Å². The Morgan fingerprint density at radius 1 is 0.644 bits per heavy atom. The zero-order valence-corrected chi connectivity index (χ0v) is 38.8. The van der Waals surface area contributed by atoms with Crippen LogP contribution in [0.1, 0.15) is 57.5 Å². The van der Waals surface area contributed by atoms with E-state index < -0.39 is 48.3 Å². The van der Waals surface area contributed by atoms with Crippen LogP contribution in [-0.2, 0) is 0 Å². The van der Waals surface area contributed by atoms with Crippen LogP contribution in [0.3, 0.4) is 0 Å². The van der Waals surface area contributed by atoms with Crippen molar-refractivity contribution in [2.75, 3.05) is 30.3 Å². The number of ether oxygens (including phenoxy) is 2. The fourth-order valence-corrected chi connectivity index (χ4v) is 7.86. The fourth-order valence-electron chi connectivity index (χ4n) is 7.86. The van der Waals surface area contributed by atoms with Crippen LogP contribution in [0, 0.1) is 25.5 Å². The lowest BCUT2D eigenvalue weighted by Gasteiger charge is -2.16. The van der Waals surface area contributed by atoms with Crippen molar-refractivity contribution in [3.05, 3.63) is 156 Å². The molecule has 73 heavy (non-hydrogen) atoms. The molecule has 0 unspecified atom stereocenters. The van der Waals surface area contributed by atoms with Crippen LogP contribution in [0.4, 0.5) is 46.5 Å². The zero-order valence-electron chi connectivity index (χ0n) is 38.8. The van der Waals surface area contributed by atoms with E-state index in [0.29, 0.717) is 61.9 Å². The number of rotatable bonds is 16. The number of carboxylic acid groups (broad SMARTS) is 1. The second-order valence-electron chi connectivity index (χ2n) is 17.3. The molecular weight excluding hydrogens is 971 g/mol. The maximum absolute atomic E-state index is 13.7. The Balaban J connectivity index is 0.000000197. The number of aryl methyl sites for hydroxylation is 2. The number of alkyl halides is 6. The molecule has 1 aliphatic carbocycles. The monoisotopic (exact) mass is 1020 g/mol. The third kappa shape index (κ3) is 12.6. The van der Waals surface area contributed by atoms with Gasteiger partial charge in [-0.15, -0.1) is 0 Å². The summed E-state index contributed by atoms with van der Waals surface area (Å²) in [4.78, 5) is 32.9. The fraction of sp³-hybridized carbons (Fsp3) is 0.231. The van der Waals surface area contributed by atoms with Crippen LogP contribution >= 0.6 is 0 Å². The maximum atomic E-state index is 13.7. The second kappa shape index (κ2) is 20.9. The molecule has 13 nitrogen and oxygen atoms in total. The number of carbonyl (C=O) groups is 2. The minimum absolute atomic E-state index is 0.114. The van der Waals surface area contributed by atoms with E-state index in [1.165, 1.54) is 60.8 Å². The van der Waals surface area contributed by atoms with Gasteiger partial charge in [0.2, 0.25) is 0 Å². The number of nitrogens with one attached hydrogen (secondary N) is 3. The number of hydrogen-bond donors (Lipinski definition) is 5. The number of fused-ring (bicyclic) bond motifs is 2. The van der Waals surface area contributed by atoms with Crippen molar-refractivity contribution in [2.45, 2.75) is 57.4 Å². The van der Waals surface area contributed by atoms with E-state index in [1.54, 1.807) is 77.6 Å². The summed E-state index contributed by atoms with van der Waals surface area (Å²) in [6, 6.07) is 24.0. The maximum Gasteiger partial charge on any atom is 0.390 e. The first-order chi connectivity index (χ1) is 34.7. The lowest BCUT2D eigenvalue weighted by molar-refractivity contribution is -0.132. The SMILES string of the molecule is Cc1cc(-c2cnc3c(NCCC(F)(F)F)cc(Oc4cccc(F)c4)cn23)ccc1C(=O)NC1(CO)CC1.Cc1cc(-c2cnc3c(NCCC(F)(F)F)cc(Oc4cccc(F)c4)cn23)ccc1C(=O)O. The van der Waals surface area contributed by atoms with Crippen LogP contribution < -0.4 is 25.4 Å². The van der Waals surface area contributed by atoms with Gasteiger partial charge in [-0.2, -0.15) is 26.3 Å². The Labute approximate surface area is 411 Å². The largest absolute Gasteiger partial charge is 0.478 e. The summed E-state index contributed by atoms with van der Waals surface area (Å²) >= 11 is 0. The van der Waals surface area contributed by atoms with Crippen molar-refractivity contribution >= 4 is 34.5 Å². The second-order valence-corrected chi connectivity index (χ2v) is 17.3. The highest BCUT2D eigenvalue weighted by Crippen LogP contribution is 2.37. The van der Waals surface area contributed by atoms with Gasteiger partial charge in [0, 0.05) is 54.0 Å². The number of benzene rings is 4. The number of imidazole rings is 2. The number of pyridine rings is 2. The number of carbonyl (C=O) groups excluding carboxylic acids is 1. The van der Waals surface area contributed by atoms with Gasteiger partial charge in [-0.05, 0) is 86.3 Å². The summed E-state index contributed by atoms with van der Waals surface area (Å²) in [6.45, 7) is 2.60. The molecule has 0 aliphatic heterocycles. The molecular formula is C52H45F8N7O6. The molecule has 21 heteroatoms. The Morgan fingerprint density at radius 2 is 1.10 bits per heavy atom. The van der Waals surface area contributed by atoms with E-state index in [0.717, 1.165) is 12.8 Å². The highest BCUT2D eigenvalue weighted by atomic mass is 19.4. The van der Waals surface area contributed by atoms with Crippen molar-refractivity contribution in [1.29, 1.82) is 0 Å². The Bertz CT molecular complexity index is 3330. The first kappa shape index (κ1) is 51.2. The number of carboxylic acids is 1. The van der Waals surface area contributed by atoms with E-state index >= 15 is 0 Å². The van der Waals surface area contributed by atoms with Crippen LogP contribution in [0.15, 0.2) is 122 Å². The standard InChI is InChI=1S/C28H26F4N4O3.C24H19F4N3O3/c1-17-11-18(5-6-22(17)26(38)35-27(16-37)7-8-27)24-14-34-25-23(33-10-9-28(30,31)32)13-21(15-36(24)25)39-20-4-2-3-19(29)12-20;1-14-9-15(5-6-19(14)23(32)33)21-12-30-22-20(29-8-7-24(26,27)28)11-18(13-31(21)22)34-17-4-2-3-16(25)10-17/h2-6,11-15,33,37H,7-10,16H2,1H3,(H,35,38);2-6,9-13,29H,7-8H2,1H3,(H,32,33). The number of aliphatic hydroxyl groups is 1. The van der Waals surface area contributed by atoms with E-state index in [4.69, 9.17) is 9.47 Å². The van der Waals surface area contributed by atoms with Crippen LogP contribution in [0.25, 0.3) is 33.8 Å². The van der Waals surface area contributed by atoms with E-state index in [2.05, 4.69) is 25.9 Å². The minimum atomic E-state index is -4.33. The molecule has 8 aromatic rings. The number of amides is 1. The molecule has 0 radical (unpaired) electrons. The summed E-state index contributed by atoms with van der Waals surface area (Å²) < 4.78 is 119. The third-order valence-corrected chi connectivity index (χ3v) is 11.7. The number of hydrogen-bond acceptors (Lipinski definition) is 9. The van der Waals surface area contributed by atoms with Crippen molar-refractivity contribution in [2.24, 2.45) is 0 Å². The molecule has 1 aliphatic rings. The van der Waals surface area contributed by atoms with E-state index in [1.807, 2.05) is 6.07 Å². The zero-order chi connectivity index (χ0) is 52.2. The van der Waals surface area contributed by atoms with Crippen LogP contribution in [0.5, 0.6) is 23.0 Å². The van der Waals surface area contributed by atoms with Crippen molar-refractivity contribution in [3.8, 4) is 45.5 Å². The lowest BCUT2D eigenvalue weighted by Crippen LogP contribution is -2.39. The number of aromatic carboxylic acids is 1. The van der Waals surface area contributed by atoms with Crippen LogP contribution in [0.2, 0.25) is 0 Å². The number of aliphatic hydroxyl groups excluding tert-OH is 1. The average molecular weight is 1020 g/mol. The Hall–Kier alpha value is -8.20. The number of anilines is 2. The topological polar surface area (TPSA) is 164 Å². The van der Waals surface area contributed by atoms with Gasteiger partial charge >= 0.3 is 18.3 Å². The number of halogens is 8. The molecule has 4 aromatic carbocycles. The summed E-state index contributed by atoms with van der Waals surface area (Å²) in [5.74, 6) is -1.39. The predicted molar refractivity (Wildman–Crippen MR) is 255 cm³/mol. The van der Waals surface area contributed by atoms with E-state index in [9.17, 15) is 54.9 Å². The minimum Gasteiger partial charge on any atom is -0.478 e. The Morgan fingerprint density at radius 3 is 1.48 bits per heavy atom. The average Bonchev–Trinajstić information content (AvgIpc) is 3.73. The first-order valence-corrected chi connectivity index (χ1v) is 22.6. The Kier molecular flexibility index (Phi) is 14.6. The van der Waals surface area contributed by atoms with E-state index in [-0.39, 0.29) is 54.2 Å². The molecule has 0 saturated heterocycles. The highest BCUT2D eigenvalue weighted by Gasteiger charge is 2.43. The molecule has 9 rings (SSSR count). The van der Waals surface area contributed by atoms with Crippen molar-refractivity contribution in [3.63, 3.8) is 0 Å². The summed E-state index contributed by atoms with van der Waals surface area (Å²) in [7, 11) is 0.